The van der Waals surface area contributed by atoms with Crippen molar-refractivity contribution in [3.8, 4) is 0 Å². The molecule has 0 rings (SSSR count). The summed E-state index contributed by atoms with van der Waals surface area (Å²) in [6, 6.07) is 0. The summed E-state index contributed by atoms with van der Waals surface area (Å²) in [4.78, 5) is 0. The first kappa shape index (κ1) is 12.8. The Labute approximate surface area is 86.6 Å². The first-order valence-corrected chi connectivity index (χ1v) is 2.96. The average molecular weight is 160 g/mol. The van der Waals surface area contributed by atoms with Crippen LogP contribution in [0.25, 0.3) is 0 Å². The van der Waals surface area contributed by atoms with Crippen molar-refractivity contribution in [2.24, 2.45) is 5.92 Å². The zero-order valence-corrected chi connectivity index (χ0v) is 5.55. The molecular weight excluding hydrogens is 144 g/mol. The molecule has 0 aliphatic rings. The third-order valence-corrected chi connectivity index (χ3v) is 0.687. The molecule has 0 fully saturated rings. The first-order valence-electron chi connectivity index (χ1n) is 2.96. The van der Waals surface area contributed by atoms with Gasteiger partial charge >= 0.3 is 37.7 Å². The van der Waals surface area contributed by atoms with Gasteiger partial charge in [-0.2, -0.15) is 0 Å². The van der Waals surface area contributed by atoms with Crippen LogP contribution >= 0.6 is 0 Å². The summed E-state index contributed by atoms with van der Waals surface area (Å²) in [6.45, 7) is 5.51. The van der Waals surface area contributed by atoms with Crippen molar-refractivity contribution >= 4 is 37.7 Å². The predicted molar refractivity (Wildman–Crippen MR) is 41.3 cm³/mol. The van der Waals surface area contributed by atoms with Crippen molar-refractivity contribution in [1.29, 1.82) is 0 Å². The molecular formula is C6H16CaO2. The van der Waals surface area contributed by atoms with Crippen LogP contribution in [-0.2, 0) is 4.74 Å². The van der Waals surface area contributed by atoms with E-state index in [-0.39, 0.29) is 44.3 Å². The molecule has 0 unspecified atom stereocenters. The third-order valence-electron chi connectivity index (χ3n) is 0.687. The molecule has 0 aromatic rings. The Morgan fingerprint density at radius 3 is 2.33 bits per heavy atom. The molecule has 0 aromatic heterocycles. The summed E-state index contributed by atoms with van der Waals surface area (Å²) >= 11 is 0. The molecule has 2 nitrogen and oxygen atoms in total. The van der Waals surface area contributed by atoms with Crippen molar-refractivity contribution in [3.05, 3.63) is 0 Å². The van der Waals surface area contributed by atoms with Crippen molar-refractivity contribution in [2.75, 3.05) is 19.8 Å². The van der Waals surface area contributed by atoms with E-state index in [1.807, 2.05) is 0 Å². The van der Waals surface area contributed by atoms with Crippen molar-refractivity contribution < 1.29 is 9.84 Å². The van der Waals surface area contributed by atoms with Gasteiger partial charge < -0.3 is 9.84 Å². The molecule has 9 heavy (non-hydrogen) atoms. The maximum absolute atomic E-state index is 8.25. The van der Waals surface area contributed by atoms with Crippen LogP contribution in [0.5, 0.6) is 0 Å². The Morgan fingerprint density at radius 2 is 2.00 bits per heavy atom. The molecule has 0 aliphatic heterocycles. The fourth-order valence-electron chi connectivity index (χ4n) is 0.384. The Kier molecular flexibility index (Phi) is 13.1. The summed E-state index contributed by atoms with van der Waals surface area (Å²) in [7, 11) is 0. The third kappa shape index (κ3) is 12.4. The van der Waals surface area contributed by atoms with Crippen LogP contribution in [0.1, 0.15) is 13.8 Å². The second kappa shape index (κ2) is 9.18. The standard InChI is InChI=1S/C6H14O2.Ca.2H/c1-6(2)5-8-4-3-7;;;/h6-7H,3-5H2,1-2H3;;;. The minimum absolute atomic E-state index is 0. The second-order valence-corrected chi connectivity index (χ2v) is 2.19. The van der Waals surface area contributed by atoms with Crippen molar-refractivity contribution in [1.82, 2.24) is 0 Å². The number of hydrogen-bond acceptors (Lipinski definition) is 2. The molecule has 0 atom stereocenters. The van der Waals surface area contributed by atoms with E-state index in [4.69, 9.17) is 9.84 Å². The number of ether oxygens (including phenoxy) is 1. The van der Waals surface area contributed by atoms with E-state index < -0.39 is 0 Å². The fourth-order valence-corrected chi connectivity index (χ4v) is 0.384. The summed E-state index contributed by atoms with van der Waals surface area (Å²) in [6.07, 6.45) is 0. The van der Waals surface area contributed by atoms with Gasteiger partial charge in [0, 0.05) is 6.61 Å². The van der Waals surface area contributed by atoms with Crippen LogP contribution < -0.4 is 0 Å². The molecule has 1 N–H and O–H groups in total. The quantitative estimate of drug-likeness (QED) is 0.453. The predicted octanol–water partition coefficient (Wildman–Crippen LogP) is -0.265. The molecule has 0 heterocycles. The van der Waals surface area contributed by atoms with E-state index in [1.165, 1.54) is 0 Å². The number of aliphatic hydroxyl groups is 1. The van der Waals surface area contributed by atoms with E-state index in [1.54, 1.807) is 0 Å². The monoisotopic (exact) mass is 160 g/mol. The van der Waals surface area contributed by atoms with Crippen molar-refractivity contribution in [2.45, 2.75) is 13.8 Å². The van der Waals surface area contributed by atoms with Crippen LogP contribution in [0.4, 0.5) is 0 Å². The molecule has 0 spiro atoms. The molecule has 0 bridgehead atoms. The van der Waals surface area contributed by atoms with Crippen LogP contribution in [0.15, 0.2) is 0 Å². The topological polar surface area (TPSA) is 29.5 Å². The number of hydrogen-bond donors (Lipinski definition) is 1. The minimum atomic E-state index is 0. The summed E-state index contributed by atoms with van der Waals surface area (Å²) in [5.74, 6) is 0.571. The van der Waals surface area contributed by atoms with Gasteiger partial charge in [-0.3, -0.25) is 0 Å². The molecule has 0 amide bonds. The molecule has 0 aromatic carbocycles. The van der Waals surface area contributed by atoms with Gasteiger partial charge in [-0.15, -0.1) is 0 Å². The van der Waals surface area contributed by atoms with Gasteiger partial charge in [0.1, 0.15) is 0 Å². The Hall–Kier alpha value is 1.18. The van der Waals surface area contributed by atoms with Gasteiger partial charge in [0.25, 0.3) is 0 Å². The van der Waals surface area contributed by atoms with Crippen LogP contribution in [-0.4, -0.2) is 62.7 Å². The van der Waals surface area contributed by atoms with Gasteiger partial charge in [-0.25, -0.2) is 0 Å². The van der Waals surface area contributed by atoms with E-state index in [9.17, 15) is 0 Å². The summed E-state index contributed by atoms with van der Waals surface area (Å²) in [5, 5.41) is 8.25. The first-order chi connectivity index (χ1) is 3.77. The van der Waals surface area contributed by atoms with Crippen LogP contribution in [0, 0.1) is 5.92 Å². The SMILES string of the molecule is CC(C)COCCO.[CaH2]. The molecule has 0 saturated heterocycles. The Bertz CT molecular complexity index is 48.3. The van der Waals surface area contributed by atoms with Gasteiger partial charge in [-0.05, 0) is 5.92 Å². The van der Waals surface area contributed by atoms with Crippen LogP contribution in [0.3, 0.4) is 0 Å². The number of rotatable bonds is 4. The van der Waals surface area contributed by atoms with Crippen LogP contribution in [0.2, 0.25) is 0 Å². The fraction of sp³-hybridized carbons (Fsp3) is 1.00. The Balaban J connectivity index is 0. The van der Waals surface area contributed by atoms with Gasteiger partial charge in [-0.1, -0.05) is 13.8 Å². The Morgan fingerprint density at radius 1 is 1.44 bits per heavy atom. The van der Waals surface area contributed by atoms with Gasteiger partial charge in [0.05, 0.1) is 13.2 Å². The molecule has 54 valence electrons. The molecule has 0 aliphatic carbocycles. The van der Waals surface area contributed by atoms with E-state index in [0.29, 0.717) is 12.5 Å². The average Bonchev–Trinajstić information content (AvgIpc) is 1.66. The van der Waals surface area contributed by atoms with Gasteiger partial charge in [0.15, 0.2) is 0 Å². The summed E-state index contributed by atoms with van der Waals surface area (Å²) < 4.78 is 4.99. The van der Waals surface area contributed by atoms with E-state index >= 15 is 0 Å². The van der Waals surface area contributed by atoms with Crippen molar-refractivity contribution in [3.63, 3.8) is 0 Å². The van der Waals surface area contributed by atoms with E-state index in [0.717, 1.165) is 6.61 Å². The zero-order chi connectivity index (χ0) is 6.41. The molecule has 0 radical (unpaired) electrons. The molecule has 0 saturated carbocycles. The number of aliphatic hydroxyl groups excluding tert-OH is 1. The van der Waals surface area contributed by atoms with Gasteiger partial charge in [0.2, 0.25) is 0 Å². The molecule has 3 heteroatoms. The zero-order valence-electron chi connectivity index (χ0n) is 5.55. The maximum atomic E-state index is 8.25. The normalized spacial score (nSPS) is 9.33. The second-order valence-electron chi connectivity index (χ2n) is 2.19. The van der Waals surface area contributed by atoms with E-state index in [2.05, 4.69) is 13.8 Å². The summed E-state index contributed by atoms with van der Waals surface area (Å²) in [5.41, 5.74) is 0.